The summed E-state index contributed by atoms with van der Waals surface area (Å²) in [6.45, 7) is 15.9. The van der Waals surface area contributed by atoms with Crippen LogP contribution in [0.15, 0.2) is 157 Å². The molecule has 12 aliphatic rings. The van der Waals surface area contributed by atoms with Gasteiger partial charge >= 0.3 is 0 Å². The van der Waals surface area contributed by atoms with Gasteiger partial charge in [0.15, 0.2) is 0 Å². The van der Waals surface area contributed by atoms with Crippen molar-refractivity contribution in [3.63, 3.8) is 0 Å². The number of pyridine rings is 2. The molecule has 12 unspecified atom stereocenters. The molecule has 454 valence electrons. The molecule has 6 aliphatic heterocycles. The van der Waals surface area contributed by atoms with Gasteiger partial charge < -0.3 is 41.1 Å². The first kappa shape index (κ1) is 59.3. The monoisotopic (exact) mass is 1190 g/mol. The van der Waals surface area contributed by atoms with Crippen LogP contribution in [-0.4, -0.2) is 116 Å². The number of ether oxygens (including phenoxy) is 1. The molecule has 14 nitrogen and oxygen atoms in total. The molecule has 11 heterocycles. The number of hydrogen-bond donors (Lipinski definition) is 7. The molecule has 6 saturated heterocycles. The van der Waals surface area contributed by atoms with E-state index in [0.29, 0.717) is 17.0 Å². The molecule has 6 fully saturated rings. The second-order valence-corrected chi connectivity index (χ2v) is 26.5. The lowest BCUT2D eigenvalue weighted by atomic mass is 9.98. The van der Waals surface area contributed by atoms with Crippen LogP contribution in [0.4, 0.5) is 0 Å². The highest BCUT2D eigenvalue weighted by Gasteiger charge is 2.37. The fourth-order valence-corrected chi connectivity index (χ4v) is 15.9. The Morgan fingerprint density at radius 1 is 0.483 bits per heavy atom. The van der Waals surface area contributed by atoms with Gasteiger partial charge in [0.2, 0.25) is 0 Å². The molecule has 0 spiro atoms. The fourth-order valence-electron chi connectivity index (χ4n) is 15.7. The number of aromatic amines is 1. The van der Waals surface area contributed by atoms with Crippen molar-refractivity contribution in [1.29, 1.82) is 0 Å². The van der Waals surface area contributed by atoms with E-state index in [1.165, 1.54) is 109 Å². The first-order valence-electron chi connectivity index (χ1n) is 32.3. The van der Waals surface area contributed by atoms with Crippen LogP contribution in [0, 0.1) is 77.9 Å². The van der Waals surface area contributed by atoms with Gasteiger partial charge in [0.1, 0.15) is 28.8 Å². The van der Waals surface area contributed by atoms with Crippen molar-refractivity contribution in [3.05, 3.63) is 197 Å². The zero-order valence-electron chi connectivity index (χ0n) is 50.7. The fraction of sp³-hybridized carbons (Fsp3) is 0.458. The van der Waals surface area contributed by atoms with Crippen LogP contribution < -0.4 is 36.6 Å². The van der Waals surface area contributed by atoms with Gasteiger partial charge in [-0.1, -0.05) is 90.0 Å². The predicted octanol–water partition coefficient (Wildman–Crippen LogP) is 10.8. The minimum Gasteiger partial charge on any atom is -0.496 e. The van der Waals surface area contributed by atoms with E-state index in [1.54, 1.807) is 31.4 Å². The number of nitrogens with zero attached hydrogens (tertiary/aromatic N) is 5. The number of H-pyrrole nitrogens is 1. The number of benzene rings is 1. The number of aryl methyl sites for hydroxylation is 1. The molecule has 15 heteroatoms. The van der Waals surface area contributed by atoms with Gasteiger partial charge in [0, 0.05) is 98.7 Å². The molecule has 6 aliphatic carbocycles. The molecule has 0 amide bonds. The maximum Gasteiger partial charge on any atom is 0.136 e. The van der Waals surface area contributed by atoms with Crippen molar-refractivity contribution in [1.82, 2.24) is 62.0 Å². The zero-order valence-corrected chi connectivity index (χ0v) is 51.4. The maximum atomic E-state index is 6.09. The lowest BCUT2D eigenvalue weighted by Crippen LogP contribution is -2.09. The molecule has 18 rings (SSSR count). The molecule has 7 N–H and O–H groups in total. The summed E-state index contributed by atoms with van der Waals surface area (Å²) in [7, 11) is 1.72. The van der Waals surface area contributed by atoms with Crippen molar-refractivity contribution in [3.8, 4) is 5.75 Å². The summed E-state index contributed by atoms with van der Waals surface area (Å²) in [5, 5.41) is 28.1. The molecule has 1 aromatic carbocycles. The van der Waals surface area contributed by atoms with Crippen LogP contribution in [0.2, 0.25) is 5.15 Å². The van der Waals surface area contributed by atoms with E-state index in [9.17, 15) is 0 Å². The van der Waals surface area contributed by atoms with Crippen LogP contribution in [0.1, 0.15) is 77.9 Å². The molecule has 5 aromatic heterocycles. The smallest absolute Gasteiger partial charge is 0.136 e. The largest absolute Gasteiger partial charge is 0.496 e. The van der Waals surface area contributed by atoms with Gasteiger partial charge in [0.05, 0.1) is 13.3 Å². The van der Waals surface area contributed by atoms with E-state index >= 15 is 0 Å². The van der Waals surface area contributed by atoms with E-state index in [4.69, 9.17) is 20.8 Å². The highest BCUT2D eigenvalue weighted by atomic mass is 35.5. The summed E-state index contributed by atoms with van der Waals surface area (Å²) in [6.07, 6.45) is 37.6. The van der Waals surface area contributed by atoms with Gasteiger partial charge in [0.25, 0.3) is 0 Å². The van der Waals surface area contributed by atoms with Crippen molar-refractivity contribution in [2.75, 3.05) is 85.6 Å². The van der Waals surface area contributed by atoms with E-state index in [-0.39, 0.29) is 0 Å². The molecule has 87 heavy (non-hydrogen) atoms. The highest BCUT2D eigenvalue weighted by Crippen LogP contribution is 2.44. The third-order valence-electron chi connectivity index (χ3n) is 20.4. The Balaban J connectivity index is 0.0000000967. The molecule has 0 saturated carbocycles. The Kier molecular flexibility index (Phi) is 19.3. The number of rotatable bonds is 8. The summed E-state index contributed by atoms with van der Waals surface area (Å²) in [5.41, 5.74) is 15.0. The SMILES string of the molecule is C1=C(Cc2ccccc2)CC2CNCC12.C1=C(c2cn[nH]c2)CC2CNCC12.C1=C(c2cncnc2)CC2CNCC12.COc1ccncc1C1=CC2CNCC2C1.Cc1ccc(C2=CC3CNCC3C2)o1.Clc1ncccc1C1=CC2CNCC2C1. The molecular formula is C72H87ClN12O2. The van der Waals surface area contributed by atoms with E-state index in [2.05, 4.69) is 141 Å². The van der Waals surface area contributed by atoms with Crippen LogP contribution in [0.3, 0.4) is 0 Å². The van der Waals surface area contributed by atoms with Crippen LogP contribution >= 0.6 is 11.6 Å². The summed E-state index contributed by atoms with van der Waals surface area (Å²) in [5.74, 6) is 12.4. The Bertz CT molecular complexity index is 3450. The number of hydrogen-bond acceptors (Lipinski definition) is 13. The number of allylic oxidation sites excluding steroid dienone is 6. The van der Waals surface area contributed by atoms with Gasteiger partial charge in [-0.25, -0.2) is 15.0 Å². The predicted molar refractivity (Wildman–Crippen MR) is 349 cm³/mol. The summed E-state index contributed by atoms with van der Waals surface area (Å²) >= 11 is 6.09. The number of nitrogens with one attached hydrogen (secondary N) is 7. The first-order valence-corrected chi connectivity index (χ1v) is 32.6. The highest BCUT2D eigenvalue weighted by molar-refractivity contribution is 6.31. The Morgan fingerprint density at radius 3 is 1.52 bits per heavy atom. The van der Waals surface area contributed by atoms with Crippen LogP contribution in [0.25, 0.3) is 27.9 Å². The number of aromatic nitrogens is 6. The Hall–Kier alpha value is -6.62. The third kappa shape index (κ3) is 14.4. The number of methoxy groups -OCH3 is 1. The number of furan rings is 1. The van der Waals surface area contributed by atoms with Crippen molar-refractivity contribution in [2.45, 2.75) is 51.9 Å². The Labute approximate surface area is 519 Å². The van der Waals surface area contributed by atoms with Crippen LogP contribution in [-0.2, 0) is 6.42 Å². The van der Waals surface area contributed by atoms with Crippen molar-refractivity contribution >= 4 is 39.5 Å². The average Bonchev–Trinajstić information content (AvgIpc) is 3.09. The van der Waals surface area contributed by atoms with Crippen molar-refractivity contribution < 1.29 is 9.15 Å². The lowest BCUT2D eigenvalue weighted by Gasteiger charge is -2.09. The minimum absolute atomic E-state index is 0.636. The molecule has 0 radical (unpaired) electrons. The summed E-state index contributed by atoms with van der Waals surface area (Å²) < 4.78 is 11.0. The maximum absolute atomic E-state index is 6.09. The van der Waals surface area contributed by atoms with Gasteiger partial charge in [-0.2, -0.15) is 5.10 Å². The van der Waals surface area contributed by atoms with E-state index in [1.807, 2.05) is 56.1 Å². The Morgan fingerprint density at radius 2 is 1.00 bits per heavy atom. The average molecular weight is 1190 g/mol. The van der Waals surface area contributed by atoms with Crippen molar-refractivity contribution in [2.24, 2.45) is 71.0 Å². The topological polar surface area (TPSA) is 175 Å². The van der Waals surface area contributed by atoms with Crippen LogP contribution in [0.5, 0.6) is 5.75 Å². The summed E-state index contributed by atoms with van der Waals surface area (Å²) in [6, 6.07) is 20.9. The summed E-state index contributed by atoms with van der Waals surface area (Å²) in [4.78, 5) is 16.4. The molecule has 0 bridgehead atoms. The van der Waals surface area contributed by atoms with Gasteiger partial charge in [-0.05, 0) is 220 Å². The second kappa shape index (κ2) is 28.3. The normalized spacial score (nSPS) is 29.6. The molecule has 12 atom stereocenters. The van der Waals surface area contributed by atoms with E-state index in [0.717, 1.165) is 147 Å². The standard InChI is InChI=1S/C14H17N.C13H16N2O.C12H13ClN2.C12H15NO.C11H13N3.C10H13N3/c1-2-4-11(5-3-1)6-12-7-13-9-15-10-14(13)8-12;1-16-13-2-3-14-8-12(13)9-4-10-6-15-7-11(10)5-9;13-12-11(2-1-3-15-12)8-4-9-6-14-7-10(9)5-8;1-8-2-3-12(14-8)9-4-10-6-13-7-11(10)5-9;1-8(11-5-13-7-14-6-11)2-10-4-12-3-9(1)10;1-7(10-5-12-13-6-10)2-9-4-11-3-8(1)9/h1-5,7,13-15H,6,8-10H2;2-4,8,10-11,15H,5-7H2,1H3;1-4,9-10,14H,5-7H2;2-4,10-11,13H,5-7H2,1H3;1,5-7,9-10,12H,2-4H2;1,5-6,8-9,11H,2-4H2,(H,12,13). The van der Waals surface area contributed by atoms with Gasteiger partial charge in [-0.3, -0.25) is 10.1 Å². The molecule has 6 aromatic rings. The third-order valence-corrected chi connectivity index (χ3v) is 20.7. The van der Waals surface area contributed by atoms with E-state index < -0.39 is 0 Å². The zero-order chi connectivity index (χ0) is 58.9. The minimum atomic E-state index is 0.636. The van der Waals surface area contributed by atoms with Gasteiger partial charge in [-0.15, -0.1) is 0 Å². The lowest BCUT2D eigenvalue weighted by molar-refractivity contribution is 0.412. The number of fused-ring (bicyclic) bond motifs is 6. The second-order valence-electron chi connectivity index (χ2n) is 26.1. The number of halogens is 1. The first-order chi connectivity index (χ1) is 42.8. The molecular weight excluding hydrogens is 1100 g/mol. The quantitative estimate of drug-likeness (QED) is 0.0567.